The predicted molar refractivity (Wildman–Crippen MR) is 113 cm³/mol. The van der Waals surface area contributed by atoms with Crippen LogP contribution >= 0.6 is 0 Å². The number of nitrogens with zero attached hydrogens (tertiary/aromatic N) is 1. The van der Waals surface area contributed by atoms with Gasteiger partial charge in [-0.2, -0.15) is 0 Å². The molecule has 7 nitrogen and oxygen atoms in total. The second-order valence-electron chi connectivity index (χ2n) is 6.35. The van der Waals surface area contributed by atoms with E-state index in [4.69, 9.17) is 0 Å². The molecule has 3 aromatic carbocycles. The van der Waals surface area contributed by atoms with Gasteiger partial charge in [0.15, 0.2) is 0 Å². The maximum atomic E-state index is 12.4. The van der Waals surface area contributed by atoms with E-state index in [0.29, 0.717) is 11.3 Å². The fraction of sp³-hybridized carbons (Fsp3) is 0.0476. The van der Waals surface area contributed by atoms with Gasteiger partial charge < -0.3 is 10.6 Å². The van der Waals surface area contributed by atoms with Crippen LogP contribution in [-0.4, -0.2) is 26.7 Å². The Hall–Kier alpha value is -3.65. The van der Waals surface area contributed by atoms with Gasteiger partial charge in [0.1, 0.15) is 12.4 Å². The Kier molecular flexibility index (Phi) is 5.01. The third-order valence-electron chi connectivity index (χ3n) is 4.30. The van der Waals surface area contributed by atoms with Gasteiger partial charge in [0.2, 0.25) is 5.91 Å². The Bertz CT molecular complexity index is 1190. The molecule has 0 saturated carbocycles. The standard InChI is InChI=1S/C21H18N4O3S/c26-20(14-22-21-16-10-4-7-13-19(16)29(27,28)25-21)24-18-12-6-5-11-17(18)23-15-8-2-1-3-9-15/h1-13,23H,14H2,(H,22,25)(H,24,26). The van der Waals surface area contributed by atoms with Crippen LogP contribution in [-0.2, 0) is 14.8 Å². The molecule has 0 aromatic heterocycles. The number of amides is 1. The van der Waals surface area contributed by atoms with Gasteiger partial charge in [-0.25, -0.2) is 8.42 Å². The van der Waals surface area contributed by atoms with Crippen molar-refractivity contribution in [3.8, 4) is 0 Å². The number of carbonyl (C=O) groups excluding carboxylic acids is 1. The first kappa shape index (κ1) is 18.7. The quantitative estimate of drug-likeness (QED) is 0.606. The summed E-state index contributed by atoms with van der Waals surface area (Å²) in [5.74, 6) is -0.185. The number of hydrogen-bond donors (Lipinski definition) is 3. The molecule has 1 aliphatic heterocycles. The SMILES string of the molecule is O=C(CN=C1NS(=O)(=O)c2ccccc21)Nc1ccccc1Nc1ccccc1. The van der Waals surface area contributed by atoms with E-state index in [-0.39, 0.29) is 23.2 Å². The van der Waals surface area contributed by atoms with Gasteiger partial charge in [0, 0.05) is 11.3 Å². The largest absolute Gasteiger partial charge is 0.354 e. The fourth-order valence-corrected chi connectivity index (χ4v) is 4.22. The van der Waals surface area contributed by atoms with E-state index < -0.39 is 10.0 Å². The van der Waals surface area contributed by atoms with E-state index in [0.717, 1.165) is 11.4 Å². The van der Waals surface area contributed by atoms with Gasteiger partial charge >= 0.3 is 0 Å². The Morgan fingerprint density at radius 1 is 0.862 bits per heavy atom. The average molecular weight is 406 g/mol. The molecule has 1 amide bonds. The van der Waals surface area contributed by atoms with Gasteiger partial charge in [0.05, 0.1) is 16.3 Å². The van der Waals surface area contributed by atoms with Crippen LogP contribution in [0.15, 0.2) is 88.8 Å². The number of anilines is 3. The molecule has 0 fully saturated rings. The third-order valence-corrected chi connectivity index (χ3v) is 5.69. The zero-order chi connectivity index (χ0) is 20.3. The highest BCUT2D eigenvalue weighted by Gasteiger charge is 2.30. The van der Waals surface area contributed by atoms with Crippen molar-refractivity contribution < 1.29 is 13.2 Å². The lowest BCUT2D eigenvalue weighted by molar-refractivity contribution is -0.114. The molecule has 8 heteroatoms. The molecule has 0 unspecified atom stereocenters. The molecular formula is C21H18N4O3S. The number of nitrogens with one attached hydrogen (secondary N) is 3. The van der Waals surface area contributed by atoms with Crippen LogP contribution in [0.3, 0.4) is 0 Å². The zero-order valence-electron chi connectivity index (χ0n) is 15.3. The molecule has 4 rings (SSSR count). The van der Waals surface area contributed by atoms with Crippen LogP contribution in [0, 0.1) is 0 Å². The summed E-state index contributed by atoms with van der Waals surface area (Å²) in [4.78, 5) is 16.8. The van der Waals surface area contributed by atoms with Crippen molar-refractivity contribution in [3.05, 3.63) is 84.4 Å². The number of aliphatic imine (C=N–C) groups is 1. The number of benzene rings is 3. The van der Waals surface area contributed by atoms with Crippen LogP contribution in [0.1, 0.15) is 5.56 Å². The normalized spacial score (nSPS) is 15.4. The van der Waals surface area contributed by atoms with Crippen molar-refractivity contribution in [2.75, 3.05) is 17.2 Å². The Labute approximate surface area is 168 Å². The van der Waals surface area contributed by atoms with Crippen LogP contribution in [0.4, 0.5) is 17.1 Å². The fourth-order valence-electron chi connectivity index (χ4n) is 2.97. The number of rotatable bonds is 5. The number of hydrogen-bond acceptors (Lipinski definition) is 5. The molecule has 1 heterocycles. The Balaban J connectivity index is 1.48. The lowest BCUT2D eigenvalue weighted by atomic mass is 10.2. The molecule has 0 spiro atoms. The summed E-state index contributed by atoms with van der Waals surface area (Å²) >= 11 is 0. The molecule has 0 radical (unpaired) electrons. The van der Waals surface area contributed by atoms with Crippen LogP contribution < -0.4 is 15.4 Å². The Morgan fingerprint density at radius 2 is 1.52 bits per heavy atom. The predicted octanol–water partition coefficient (Wildman–Crippen LogP) is 3.11. The van der Waals surface area contributed by atoms with Crippen molar-refractivity contribution in [1.29, 1.82) is 0 Å². The summed E-state index contributed by atoms with van der Waals surface area (Å²) in [5.41, 5.74) is 2.71. The first-order chi connectivity index (χ1) is 14.0. The van der Waals surface area contributed by atoms with Crippen molar-refractivity contribution in [1.82, 2.24) is 4.72 Å². The van der Waals surface area contributed by atoms with Gasteiger partial charge in [-0.1, -0.05) is 42.5 Å². The maximum absolute atomic E-state index is 12.4. The van der Waals surface area contributed by atoms with Gasteiger partial charge in [-0.05, 0) is 36.4 Å². The van der Waals surface area contributed by atoms with Gasteiger partial charge in [-0.3, -0.25) is 14.5 Å². The van der Waals surface area contributed by atoms with E-state index in [2.05, 4.69) is 20.3 Å². The monoisotopic (exact) mass is 406 g/mol. The molecule has 0 aliphatic carbocycles. The van der Waals surface area contributed by atoms with Crippen molar-refractivity contribution >= 4 is 38.8 Å². The van der Waals surface area contributed by atoms with Crippen LogP contribution in [0.2, 0.25) is 0 Å². The van der Waals surface area contributed by atoms with Crippen molar-refractivity contribution in [2.24, 2.45) is 4.99 Å². The zero-order valence-corrected chi connectivity index (χ0v) is 16.1. The first-order valence-corrected chi connectivity index (χ1v) is 10.4. The highest BCUT2D eigenvalue weighted by Crippen LogP contribution is 2.25. The minimum atomic E-state index is -3.63. The van der Waals surface area contributed by atoms with Gasteiger partial charge in [-0.15, -0.1) is 0 Å². The van der Waals surface area contributed by atoms with Crippen LogP contribution in [0.5, 0.6) is 0 Å². The second-order valence-corrected chi connectivity index (χ2v) is 8.00. The molecule has 3 aromatic rings. The molecule has 3 N–H and O–H groups in total. The number of fused-ring (bicyclic) bond motifs is 1. The summed E-state index contributed by atoms with van der Waals surface area (Å²) in [6, 6.07) is 23.5. The van der Waals surface area contributed by atoms with Crippen molar-refractivity contribution in [2.45, 2.75) is 4.90 Å². The second kappa shape index (κ2) is 7.76. The van der Waals surface area contributed by atoms with E-state index >= 15 is 0 Å². The van der Waals surface area contributed by atoms with Gasteiger partial charge in [0.25, 0.3) is 10.0 Å². The minimum Gasteiger partial charge on any atom is -0.354 e. The highest BCUT2D eigenvalue weighted by molar-refractivity contribution is 7.90. The highest BCUT2D eigenvalue weighted by atomic mass is 32.2. The molecule has 0 atom stereocenters. The van der Waals surface area contributed by atoms with E-state index in [1.165, 1.54) is 6.07 Å². The Morgan fingerprint density at radius 3 is 2.31 bits per heavy atom. The first-order valence-electron chi connectivity index (χ1n) is 8.90. The van der Waals surface area contributed by atoms with E-state index in [9.17, 15) is 13.2 Å². The lowest BCUT2D eigenvalue weighted by Crippen LogP contribution is -2.24. The van der Waals surface area contributed by atoms with Crippen molar-refractivity contribution in [3.63, 3.8) is 0 Å². The van der Waals surface area contributed by atoms with Crippen LogP contribution in [0.25, 0.3) is 0 Å². The molecule has 29 heavy (non-hydrogen) atoms. The molecule has 1 aliphatic rings. The summed E-state index contributed by atoms with van der Waals surface area (Å²) < 4.78 is 26.6. The minimum absolute atomic E-state index is 0.163. The number of carbonyl (C=O) groups is 1. The molecule has 0 saturated heterocycles. The van der Waals surface area contributed by atoms with E-state index in [1.54, 1.807) is 24.3 Å². The number of para-hydroxylation sites is 3. The molecule has 146 valence electrons. The maximum Gasteiger partial charge on any atom is 0.263 e. The summed E-state index contributed by atoms with van der Waals surface area (Å²) in [7, 11) is -3.63. The average Bonchev–Trinajstić information content (AvgIpc) is 2.99. The topological polar surface area (TPSA) is 99.7 Å². The molecule has 0 bridgehead atoms. The smallest absolute Gasteiger partial charge is 0.263 e. The summed E-state index contributed by atoms with van der Waals surface area (Å²) in [5, 5.41) is 6.07. The number of sulfonamides is 1. The lowest BCUT2D eigenvalue weighted by Gasteiger charge is -2.12. The number of amidine groups is 1. The molecular weight excluding hydrogens is 388 g/mol. The summed E-state index contributed by atoms with van der Waals surface area (Å²) in [6.07, 6.45) is 0. The summed E-state index contributed by atoms with van der Waals surface area (Å²) in [6.45, 7) is -0.216. The van der Waals surface area contributed by atoms with E-state index in [1.807, 2.05) is 48.5 Å². The third kappa shape index (κ3) is 4.12.